The highest BCUT2D eigenvalue weighted by molar-refractivity contribution is 5.95. The molecule has 0 fully saturated rings. The molecule has 2 aromatic rings. The first kappa shape index (κ1) is 18.7. The van der Waals surface area contributed by atoms with E-state index in [1.165, 1.54) is 0 Å². The molecule has 2 heterocycles. The number of dihydropyridines is 1. The van der Waals surface area contributed by atoms with Crippen LogP contribution >= 0.6 is 0 Å². The summed E-state index contributed by atoms with van der Waals surface area (Å²) in [6.45, 7) is 7.98. The smallest absolute Gasteiger partial charge is 0.336 e. The highest BCUT2D eigenvalue weighted by Gasteiger charge is 2.36. The van der Waals surface area contributed by atoms with E-state index in [9.17, 15) is 10.1 Å². The van der Waals surface area contributed by atoms with Gasteiger partial charge in [-0.15, -0.1) is 0 Å². The van der Waals surface area contributed by atoms with Gasteiger partial charge in [0.1, 0.15) is 0 Å². The quantitative estimate of drug-likeness (QED) is 0.826. The van der Waals surface area contributed by atoms with Gasteiger partial charge in [0, 0.05) is 23.0 Å². The summed E-state index contributed by atoms with van der Waals surface area (Å²) in [4.78, 5) is 17.4. The lowest BCUT2D eigenvalue weighted by Crippen LogP contribution is -2.32. The number of rotatable bonds is 4. The molecule has 138 valence electrons. The number of benzene rings is 1. The third-order valence-corrected chi connectivity index (χ3v) is 4.78. The van der Waals surface area contributed by atoms with E-state index in [1.54, 1.807) is 13.1 Å². The van der Waals surface area contributed by atoms with E-state index in [4.69, 9.17) is 4.74 Å². The fraction of sp³-hybridized carbons (Fsp3) is 0.318. The highest BCUT2D eigenvalue weighted by atomic mass is 16.5. The van der Waals surface area contributed by atoms with Crippen LogP contribution in [0.2, 0.25) is 0 Å². The molecule has 0 unspecified atom stereocenters. The van der Waals surface area contributed by atoms with Crippen LogP contribution in [0.25, 0.3) is 10.9 Å². The molecular formula is C22H23N3O2. The number of nitriles is 1. The van der Waals surface area contributed by atoms with Crippen molar-refractivity contribution in [3.8, 4) is 6.07 Å². The highest BCUT2D eigenvalue weighted by Crippen LogP contribution is 2.42. The Balaban J connectivity index is 2.33. The number of fused-ring (bicyclic) bond motifs is 1. The van der Waals surface area contributed by atoms with Gasteiger partial charge < -0.3 is 10.1 Å². The van der Waals surface area contributed by atoms with E-state index < -0.39 is 5.92 Å². The number of aromatic nitrogens is 1. The van der Waals surface area contributed by atoms with Crippen molar-refractivity contribution in [2.75, 3.05) is 6.61 Å². The van der Waals surface area contributed by atoms with Crippen LogP contribution in [0.4, 0.5) is 0 Å². The largest absolute Gasteiger partial charge is 0.463 e. The number of esters is 1. The van der Waals surface area contributed by atoms with Gasteiger partial charge in [0.15, 0.2) is 0 Å². The van der Waals surface area contributed by atoms with Gasteiger partial charge in [0.05, 0.1) is 35.3 Å². The minimum absolute atomic E-state index is 0.0789. The SMILES string of the molecule is CCOC(=O)C1=C(C(C)C)NC(C)=C(C#N)[C@H]1c1ccnc2ccccc12. The predicted molar refractivity (Wildman–Crippen MR) is 104 cm³/mol. The van der Waals surface area contributed by atoms with Crippen molar-refractivity contribution in [2.45, 2.75) is 33.6 Å². The fourth-order valence-electron chi connectivity index (χ4n) is 3.57. The average molecular weight is 361 g/mol. The number of carbonyl (C=O) groups is 1. The molecule has 1 aromatic carbocycles. The zero-order chi connectivity index (χ0) is 19.6. The van der Waals surface area contributed by atoms with Crippen LogP contribution in [0.1, 0.15) is 39.2 Å². The Morgan fingerprint density at radius 3 is 2.74 bits per heavy atom. The van der Waals surface area contributed by atoms with Gasteiger partial charge in [0.2, 0.25) is 0 Å². The maximum absolute atomic E-state index is 12.9. The lowest BCUT2D eigenvalue weighted by molar-refractivity contribution is -0.138. The third kappa shape index (κ3) is 3.31. The van der Waals surface area contributed by atoms with Crippen LogP contribution in [-0.4, -0.2) is 17.6 Å². The minimum Gasteiger partial charge on any atom is -0.463 e. The van der Waals surface area contributed by atoms with Gasteiger partial charge in [-0.1, -0.05) is 32.0 Å². The summed E-state index contributed by atoms with van der Waals surface area (Å²) in [6.07, 6.45) is 1.72. The predicted octanol–water partition coefficient (Wildman–Crippen LogP) is 4.19. The van der Waals surface area contributed by atoms with Gasteiger partial charge in [-0.2, -0.15) is 5.26 Å². The number of allylic oxidation sites excluding steroid dienone is 3. The second kappa shape index (κ2) is 7.63. The summed E-state index contributed by atoms with van der Waals surface area (Å²) < 4.78 is 5.37. The molecule has 0 amide bonds. The summed E-state index contributed by atoms with van der Waals surface area (Å²) in [5.74, 6) is -0.796. The van der Waals surface area contributed by atoms with Gasteiger partial charge in [-0.3, -0.25) is 4.98 Å². The normalized spacial score (nSPS) is 17.1. The van der Waals surface area contributed by atoms with Crippen LogP contribution in [0.5, 0.6) is 0 Å². The van der Waals surface area contributed by atoms with E-state index in [2.05, 4.69) is 16.4 Å². The molecule has 1 aliphatic heterocycles. The van der Waals surface area contributed by atoms with Crippen molar-refractivity contribution in [1.82, 2.24) is 10.3 Å². The fourth-order valence-corrected chi connectivity index (χ4v) is 3.57. The van der Waals surface area contributed by atoms with Crippen molar-refractivity contribution in [2.24, 2.45) is 5.92 Å². The molecule has 1 aliphatic rings. The summed E-state index contributed by atoms with van der Waals surface area (Å²) in [6, 6.07) is 12.0. The van der Waals surface area contributed by atoms with E-state index in [-0.39, 0.29) is 18.5 Å². The van der Waals surface area contributed by atoms with Gasteiger partial charge in [-0.25, -0.2) is 4.79 Å². The number of pyridine rings is 1. The minimum atomic E-state index is -0.486. The second-order valence-electron chi connectivity index (χ2n) is 6.83. The number of hydrogen-bond acceptors (Lipinski definition) is 5. The van der Waals surface area contributed by atoms with Crippen molar-refractivity contribution >= 4 is 16.9 Å². The van der Waals surface area contributed by atoms with Gasteiger partial charge >= 0.3 is 5.97 Å². The lowest BCUT2D eigenvalue weighted by Gasteiger charge is -2.31. The molecule has 1 N–H and O–H groups in total. The van der Waals surface area contributed by atoms with E-state index in [0.717, 1.165) is 27.9 Å². The molecule has 0 saturated heterocycles. The standard InChI is InChI=1S/C22H23N3O2/c1-5-27-22(26)20-19(17(12-23)14(4)25-21(20)13(2)3)16-10-11-24-18-9-7-6-8-15(16)18/h6-11,13,19,25H,5H2,1-4H3/t19-/m1/s1. The van der Waals surface area contributed by atoms with Crippen molar-refractivity contribution in [1.29, 1.82) is 5.26 Å². The lowest BCUT2D eigenvalue weighted by atomic mass is 9.78. The Labute approximate surface area is 159 Å². The molecule has 1 atom stereocenters. The number of ether oxygens (including phenoxy) is 1. The van der Waals surface area contributed by atoms with Crippen LogP contribution in [-0.2, 0) is 9.53 Å². The summed E-state index contributed by atoms with van der Waals surface area (Å²) in [5, 5.41) is 14.1. The third-order valence-electron chi connectivity index (χ3n) is 4.78. The van der Waals surface area contributed by atoms with Crippen LogP contribution in [0, 0.1) is 17.2 Å². The van der Waals surface area contributed by atoms with E-state index >= 15 is 0 Å². The van der Waals surface area contributed by atoms with Gasteiger partial charge in [-0.05, 0) is 37.5 Å². The first-order valence-corrected chi connectivity index (χ1v) is 9.12. The number of nitrogens with one attached hydrogen (secondary N) is 1. The first-order chi connectivity index (χ1) is 13.0. The van der Waals surface area contributed by atoms with Crippen molar-refractivity contribution in [3.05, 3.63) is 64.6 Å². The van der Waals surface area contributed by atoms with Crippen LogP contribution in [0.3, 0.4) is 0 Å². The molecule has 0 spiro atoms. The zero-order valence-electron chi connectivity index (χ0n) is 16.0. The molecular weight excluding hydrogens is 338 g/mol. The molecule has 0 saturated carbocycles. The van der Waals surface area contributed by atoms with Crippen LogP contribution in [0.15, 0.2) is 59.1 Å². The number of hydrogen-bond donors (Lipinski definition) is 1. The second-order valence-corrected chi connectivity index (χ2v) is 6.83. The molecule has 0 radical (unpaired) electrons. The summed E-state index contributed by atoms with van der Waals surface area (Å²) in [7, 11) is 0. The summed E-state index contributed by atoms with van der Waals surface area (Å²) >= 11 is 0. The molecule has 27 heavy (non-hydrogen) atoms. The molecule has 5 nitrogen and oxygen atoms in total. The number of nitrogens with zero attached hydrogens (tertiary/aromatic N) is 2. The molecule has 5 heteroatoms. The van der Waals surface area contributed by atoms with E-state index in [0.29, 0.717) is 11.1 Å². The molecule has 0 aliphatic carbocycles. The van der Waals surface area contributed by atoms with Crippen LogP contribution < -0.4 is 5.32 Å². The summed E-state index contributed by atoms with van der Waals surface area (Å²) in [5.41, 5.74) is 4.32. The Hall–Kier alpha value is -3.13. The Kier molecular flexibility index (Phi) is 5.27. The maximum atomic E-state index is 12.9. The first-order valence-electron chi connectivity index (χ1n) is 9.12. The number of para-hydroxylation sites is 1. The topological polar surface area (TPSA) is 75.0 Å². The molecule has 1 aromatic heterocycles. The van der Waals surface area contributed by atoms with Crippen molar-refractivity contribution < 1.29 is 9.53 Å². The zero-order valence-corrected chi connectivity index (χ0v) is 16.0. The Bertz CT molecular complexity index is 991. The number of carbonyl (C=O) groups excluding carboxylic acids is 1. The maximum Gasteiger partial charge on any atom is 0.336 e. The average Bonchev–Trinajstić information content (AvgIpc) is 2.66. The monoisotopic (exact) mass is 361 g/mol. The molecule has 3 rings (SSSR count). The van der Waals surface area contributed by atoms with Crippen molar-refractivity contribution in [3.63, 3.8) is 0 Å². The van der Waals surface area contributed by atoms with Gasteiger partial charge in [0.25, 0.3) is 0 Å². The Morgan fingerprint density at radius 1 is 1.33 bits per heavy atom. The van der Waals surface area contributed by atoms with E-state index in [1.807, 2.05) is 51.1 Å². The molecule has 0 bridgehead atoms. The Morgan fingerprint density at radius 2 is 2.07 bits per heavy atom.